The first-order valence-corrected chi connectivity index (χ1v) is 9.01. The molecule has 3 rings (SSSR count). The van der Waals surface area contributed by atoms with Crippen molar-refractivity contribution >= 4 is 29.3 Å². The van der Waals surface area contributed by atoms with Crippen LogP contribution in [-0.4, -0.2) is 48.6 Å². The van der Waals surface area contributed by atoms with Crippen LogP contribution in [0.25, 0.3) is 0 Å². The third-order valence-electron chi connectivity index (χ3n) is 4.56. The average Bonchev–Trinajstić information content (AvgIpc) is 2.73. The van der Waals surface area contributed by atoms with Gasteiger partial charge in [-0.15, -0.1) is 0 Å². The molecule has 1 aliphatic heterocycles. The number of rotatable bonds is 6. The van der Waals surface area contributed by atoms with Crippen molar-refractivity contribution < 1.29 is 18.7 Å². The molecule has 1 amide bonds. The maximum atomic E-state index is 13.8. The van der Waals surface area contributed by atoms with E-state index >= 15 is 0 Å². The van der Waals surface area contributed by atoms with Gasteiger partial charge in [0.1, 0.15) is 18.2 Å². The summed E-state index contributed by atoms with van der Waals surface area (Å²) in [6.07, 6.45) is 2.86. The molecule has 1 aromatic carbocycles. The monoisotopic (exact) mass is 387 g/mol. The van der Waals surface area contributed by atoms with Crippen molar-refractivity contribution in [3.63, 3.8) is 0 Å². The van der Waals surface area contributed by atoms with Gasteiger partial charge in [-0.05, 0) is 31.0 Å². The minimum Gasteiger partial charge on any atom is -0.468 e. The van der Waals surface area contributed by atoms with Gasteiger partial charge in [0.15, 0.2) is 0 Å². The molecule has 1 aromatic heterocycles. The van der Waals surface area contributed by atoms with Gasteiger partial charge in [-0.25, -0.2) is 9.37 Å². The van der Waals surface area contributed by atoms with Crippen LogP contribution in [0, 0.1) is 11.7 Å². The van der Waals surface area contributed by atoms with Gasteiger partial charge in [-0.3, -0.25) is 9.59 Å². The third-order valence-corrected chi connectivity index (χ3v) is 4.56. The van der Waals surface area contributed by atoms with Crippen LogP contribution >= 0.6 is 0 Å². The molecule has 28 heavy (non-hydrogen) atoms. The molecule has 1 saturated heterocycles. The summed E-state index contributed by atoms with van der Waals surface area (Å²) >= 11 is 0. The topological polar surface area (TPSA) is 96.5 Å². The Bertz CT molecular complexity index is 840. The van der Waals surface area contributed by atoms with Crippen LogP contribution in [0.5, 0.6) is 0 Å². The third kappa shape index (κ3) is 4.93. The first kappa shape index (κ1) is 19.5. The van der Waals surface area contributed by atoms with E-state index in [1.807, 2.05) is 4.90 Å². The highest BCUT2D eigenvalue weighted by Crippen LogP contribution is 2.23. The summed E-state index contributed by atoms with van der Waals surface area (Å²) < 4.78 is 18.3. The fourth-order valence-corrected chi connectivity index (χ4v) is 2.99. The van der Waals surface area contributed by atoms with E-state index in [0.717, 1.165) is 0 Å². The fraction of sp³-hybridized carbons (Fsp3) is 0.368. The van der Waals surface area contributed by atoms with Crippen LogP contribution in [0.1, 0.15) is 12.8 Å². The van der Waals surface area contributed by atoms with Crippen molar-refractivity contribution in [1.29, 1.82) is 0 Å². The molecule has 0 aliphatic carbocycles. The fourth-order valence-electron chi connectivity index (χ4n) is 2.99. The number of benzene rings is 1. The zero-order valence-corrected chi connectivity index (χ0v) is 15.5. The molecule has 8 nitrogen and oxygen atoms in total. The zero-order chi connectivity index (χ0) is 19.9. The molecule has 2 N–H and O–H groups in total. The first-order chi connectivity index (χ1) is 13.6. The lowest BCUT2D eigenvalue weighted by atomic mass is 9.96. The Balaban J connectivity index is 1.56. The predicted molar refractivity (Wildman–Crippen MR) is 102 cm³/mol. The number of nitrogens with one attached hydrogen (secondary N) is 2. The summed E-state index contributed by atoms with van der Waals surface area (Å²) in [4.78, 5) is 34.0. The van der Waals surface area contributed by atoms with Gasteiger partial charge in [0.2, 0.25) is 11.9 Å². The van der Waals surface area contributed by atoms with E-state index in [1.165, 1.54) is 13.2 Å². The van der Waals surface area contributed by atoms with Crippen LogP contribution in [0.3, 0.4) is 0 Å². The van der Waals surface area contributed by atoms with Crippen molar-refractivity contribution in [1.82, 2.24) is 15.3 Å². The lowest BCUT2D eigenvalue weighted by Crippen LogP contribution is -2.42. The highest BCUT2D eigenvalue weighted by atomic mass is 19.1. The number of methoxy groups -OCH3 is 1. The Kier molecular flexibility index (Phi) is 6.36. The number of hydrogen-bond acceptors (Lipinski definition) is 7. The number of ether oxygens (including phenoxy) is 1. The Morgan fingerprint density at radius 2 is 2.00 bits per heavy atom. The second-order valence-corrected chi connectivity index (χ2v) is 6.40. The summed E-state index contributed by atoms with van der Waals surface area (Å²) in [5.41, 5.74) is 0.341. The highest BCUT2D eigenvalue weighted by Gasteiger charge is 2.26. The van der Waals surface area contributed by atoms with Gasteiger partial charge >= 0.3 is 5.97 Å². The number of piperidine rings is 1. The molecular weight excluding hydrogens is 365 g/mol. The summed E-state index contributed by atoms with van der Waals surface area (Å²) in [6.45, 7) is 1.10. The van der Waals surface area contributed by atoms with E-state index in [-0.39, 0.29) is 24.2 Å². The Morgan fingerprint density at radius 1 is 1.25 bits per heavy atom. The minimum atomic E-state index is -0.474. The molecule has 0 saturated carbocycles. The number of hydrogen-bond donors (Lipinski definition) is 2. The molecule has 1 fully saturated rings. The maximum Gasteiger partial charge on any atom is 0.325 e. The molecule has 1 aliphatic rings. The standard InChI is InChI=1S/C19H22FN5O3/c1-28-17(26)12-22-18(27)13-7-10-25(11-8-13)19-21-9-6-16(24-19)23-15-5-3-2-4-14(15)20/h2-6,9,13H,7-8,10-12H2,1H3,(H,22,27)(H,21,23,24). The minimum absolute atomic E-state index is 0.123. The molecule has 0 radical (unpaired) electrons. The summed E-state index contributed by atoms with van der Waals surface area (Å²) in [6, 6.07) is 8.04. The SMILES string of the molecule is COC(=O)CNC(=O)C1CCN(c2nccc(Nc3ccccc3F)n2)CC1. The second kappa shape index (κ2) is 9.12. The normalized spacial score (nSPS) is 14.4. The van der Waals surface area contributed by atoms with Crippen LogP contribution < -0.4 is 15.5 Å². The Labute approximate surface area is 162 Å². The van der Waals surface area contributed by atoms with Gasteiger partial charge in [-0.1, -0.05) is 12.1 Å². The van der Waals surface area contributed by atoms with E-state index in [1.54, 1.807) is 30.5 Å². The van der Waals surface area contributed by atoms with Crippen LogP contribution in [0.4, 0.5) is 21.8 Å². The number of nitrogens with zero attached hydrogens (tertiary/aromatic N) is 3. The predicted octanol–water partition coefficient (Wildman–Crippen LogP) is 1.86. The number of carbonyl (C=O) groups is 2. The van der Waals surface area contributed by atoms with Crippen LogP contribution in [-0.2, 0) is 14.3 Å². The van der Waals surface area contributed by atoms with Gasteiger partial charge < -0.3 is 20.3 Å². The van der Waals surface area contributed by atoms with E-state index in [0.29, 0.717) is 43.4 Å². The quantitative estimate of drug-likeness (QED) is 0.731. The molecule has 9 heteroatoms. The van der Waals surface area contributed by atoms with Crippen molar-refractivity contribution in [2.45, 2.75) is 12.8 Å². The van der Waals surface area contributed by atoms with Crippen molar-refractivity contribution in [2.24, 2.45) is 5.92 Å². The van der Waals surface area contributed by atoms with E-state index < -0.39 is 5.97 Å². The Morgan fingerprint density at radius 3 is 2.71 bits per heavy atom. The molecule has 2 aromatic rings. The number of para-hydroxylation sites is 1. The molecular formula is C19H22FN5O3. The molecule has 0 spiro atoms. The second-order valence-electron chi connectivity index (χ2n) is 6.40. The van der Waals surface area contributed by atoms with E-state index in [9.17, 15) is 14.0 Å². The number of amides is 1. The Hall–Kier alpha value is -3.23. The number of anilines is 3. The van der Waals surface area contributed by atoms with Crippen molar-refractivity contribution in [2.75, 3.05) is 37.0 Å². The summed E-state index contributed by atoms with van der Waals surface area (Å²) in [5.74, 6) is -0.135. The van der Waals surface area contributed by atoms with Gasteiger partial charge in [0.25, 0.3) is 0 Å². The molecule has 0 atom stereocenters. The van der Waals surface area contributed by atoms with Crippen molar-refractivity contribution in [3.8, 4) is 0 Å². The summed E-state index contributed by atoms with van der Waals surface area (Å²) in [7, 11) is 1.28. The highest BCUT2D eigenvalue weighted by molar-refractivity contribution is 5.83. The average molecular weight is 387 g/mol. The number of esters is 1. The lowest BCUT2D eigenvalue weighted by molar-refractivity contribution is -0.141. The van der Waals surface area contributed by atoms with Crippen molar-refractivity contribution in [3.05, 3.63) is 42.3 Å². The molecule has 148 valence electrons. The number of halogens is 1. The van der Waals surface area contributed by atoms with E-state index in [2.05, 4.69) is 25.3 Å². The maximum absolute atomic E-state index is 13.8. The van der Waals surface area contributed by atoms with Gasteiger partial charge in [0, 0.05) is 25.2 Å². The number of aromatic nitrogens is 2. The largest absolute Gasteiger partial charge is 0.468 e. The van der Waals surface area contributed by atoms with Crippen LogP contribution in [0.15, 0.2) is 36.5 Å². The van der Waals surface area contributed by atoms with Crippen LogP contribution in [0.2, 0.25) is 0 Å². The lowest BCUT2D eigenvalue weighted by Gasteiger charge is -2.31. The number of carbonyl (C=O) groups excluding carboxylic acids is 2. The first-order valence-electron chi connectivity index (χ1n) is 9.01. The summed E-state index contributed by atoms with van der Waals surface area (Å²) in [5, 5.41) is 5.54. The van der Waals surface area contributed by atoms with Gasteiger partial charge in [-0.2, -0.15) is 4.98 Å². The smallest absolute Gasteiger partial charge is 0.325 e. The molecule has 2 heterocycles. The van der Waals surface area contributed by atoms with E-state index in [4.69, 9.17) is 0 Å². The zero-order valence-electron chi connectivity index (χ0n) is 15.5. The molecule has 0 bridgehead atoms. The van der Waals surface area contributed by atoms with Gasteiger partial charge in [0.05, 0.1) is 12.8 Å². The molecule has 0 unspecified atom stereocenters.